The van der Waals surface area contributed by atoms with Crippen molar-refractivity contribution < 1.29 is 28.9 Å². The Bertz CT molecular complexity index is 244. The second-order valence-electron chi connectivity index (χ2n) is 3.56. The van der Waals surface area contributed by atoms with Gasteiger partial charge in [-0.05, 0) is 0 Å². The number of nitrogens with two attached hydrogens (primary N) is 2. The van der Waals surface area contributed by atoms with Crippen molar-refractivity contribution in [2.45, 2.75) is 0 Å². The van der Waals surface area contributed by atoms with E-state index in [-0.39, 0.29) is 0 Å². The summed E-state index contributed by atoms with van der Waals surface area (Å²) in [6.07, 6.45) is 1.18. The number of hydrogen-bond acceptors (Lipinski definition) is 10. The van der Waals surface area contributed by atoms with E-state index >= 15 is 0 Å². The Hall–Kier alpha value is -0.840. The zero-order valence-electron chi connectivity index (χ0n) is 12.6. The van der Waals surface area contributed by atoms with Gasteiger partial charge in [0.2, 0.25) is 0 Å². The van der Waals surface area contributed by atoms with Crippen LogP contribution in [-0.4, -0.2) is 57.0 Å². The largest absolute Gasteiger partial charge is 0.329 e. The van der Waals surface area contributed by atoms with Crippen LogP contribution < -0.4 is 41.4 Å². The first-order chi connectivity index (χ1) is 10.3. The maximum Gasteiger partial charge on any atom is 0.0905 e. The normalized spacial score (nSPS) is 9.68. The number of hydrogen-bond donors (Lipinski definition) is 6. The molecule has 0 aromatic heterocycles. The molecule has 10 nitrogen and oxygen atoms in total. The predicted octanol–water partition coefficient (Wildman–Crippen LogP) is -5.76. The number of nitriles is 1. The minimum absolute atomic E-state index is 0.706. The first-order valence-corrected chi connectivity index (χ1v) is 7.75. The summed E-state index contributed by atoms with van der Waals surface area (Å²) in [7, 11) is -4.69. The smallest absolute Gasteiger partial charge is 0.0905 e. The molecule has 0 aliphatic heterocycles. The Labute approximate surface area is 133 Å². The molecule has 0 aromatic rings. The van der Waals surface area contributed by atoms with Crippen molar-refractivity contribution in [3.63, 3.8) is 0 Å². The molecule has 0 atom stereocenters. The van der Waals surface area contributed by atoms with E-state index in [1.54, 1.807) is 6.07 Å². The Morgan fingerprint density at radius 2 is 1.18 bits per heavy atom. The summed E-state index contributed by atoms with van der Waals surface area (Å²) in [5, 5.41) is 17.2. The highest BCUT2D eigenvalue weighted by Crippen LogP contribution is 1.61. The summed E-state index contributed by atoms with van der Waals surface area (Å²) in [5.74, 6) is 0. The summed E-state index contributed by atoms with van der Waals surface area (Å²) >= 11 is 0. The number of allylic oxidation sites excluding steroid dienone is 1. The third-order valence-electron chi connectivity index (χ3n) is 1.69. The molecule has 22 heavy (non-hydrogen) atoms. The fourth-order valence-electron chi connectivity index (χ4n) is 0.933. The van der Waals surface area contributed by atoms with Gasteiger partial charge in [-0.1, -0.05) is 6.58 Å². The van der Waals surface area contributed by atoms with Gasteiger partial charge in [0.25, 0.3) is 0 Å². The van der Waals surface area contributed by atoms with Gasteiger partial charge in [-0.3, -0.25) is 0 Å². The average Bonchev–Trinajstić information content (AvgIpc) is 2.44. The lowest BCUT2D eigenvalue weighted by atomic mass is 10.5. The maximum atomic E-state index is 8.60. The molecule has 0 aromatic carbocycles. The summed E-state index contributed by atoms with van der Waals surface area (Å²) in [5.41, 5.74) is 10.6. The van der Waals surface area contributed by atoms with Gasteiger partial charge >= 0.3 is 0 Å². The molecular weight excluding hydrogens is 316 g/mol. The average molecular weight is 343 g/mol. The number of rotatable bonds is 10. The van der Waals surface area contributed by atoms with Crippen molar-refractivity contribution in [3.8, 4) is 6.07 Å². The second kappa shape index (κ2) is 22.4. The quantitative estimate of drug-likeness (QED) is 0.164. The summed E-state index contributed by atoms with van der Waals surface area (Å²) in [4.78, 5) is 0. The van der Waals surface area contributed by atoms with Crippen LogP contribution in [0.4, 0.5) is 0 Å². The SMILES string of the molecule is C=CC#N.NCCNCCNCCNCCN.[O-][Cl+3]([O-])([O-])O. The third kappa shape index (κ3) is 61.2. The Morgan fingerprint density at radius 1 is 0.955 bits per heavy atom. The van der Waals surface area contributed by atoms with E-state index in [4.69, 9.17) is 35.4 Å². The fraction of sp³-hybridized carbons (Fsp3) is 0.727. The third-order valence-corrected chi connectivity index (χ3v) is 1.69. The van der Waals surface area contributed by atoms with Crippen molar-refractivity contribution in [1.82, 2.24) is 16.0 Å². The second-order valence-corrected chi connectivity index (χ2v) is 4.35. The molecule has 0 amide bonds. The van der Waals surface area contributed by atoms with Gasteiger partial charge in [-0.15, -0.1) is 0 Å². The van der Waals surface area contributed by atoms with Crippen molar-refractivity contribution in [1.29, 1.82) is 5.26 Å². The number of nitrogens with zero attached hydrogens (tertiary/aromatic N) is 1. The molecule has 132 valence electrons. The predicted molar refractivity (Wildman–Crippen MR) is 74.7 cm³/mol. The molecule has 8 N–H and O–H groups in total. The fourth-order valence-corrected chi connectivity index (χ4v) is 0.933. The molecule has 0 saturated carbocycles. The molecule has 0 radical (unpaired) electrons. The summed E-state index contributed by atoms with van der Waals surface area (Å²) in [6, 6.07) is 1.69. The van der Waals surface area contributed by atoms with Crippen molar-refractivity contribution in [3.05, 3.63) is 12.7 Å². The molecule has 0 rings (SSSR count). The highest BCUT2D eigenvalue weighted by molar-refractivity contribution is 4.93. The van der Waals surface area contributed by atoms with Crippen LogP contribution in [-0.2, 0) is 0 Å². The van der Waals surface area contributed by atoms with Crippen LogP contribution in [0.2, 0.25) is 0 Å². The van der Waals surface area contributed by atoms with E-state index in [2.05, 4.69) is 22.5 Å². The van der Waals surface area contributed by atoms with Gasteiger partial charge in [-0.25, -0.2) is 0 Å². The van der Waals surface area contributed by atoms with E-state index in [0.717, 1.165) is 39.3 Å². The number of halogens is 1. The van der Waals surface area contributed by atoms with Crippen LogP contribution >= 0.6 is 0 Å². The molecule has 0 bridgehead atoms. The van der Waals surface area contributed by atoms with Gasteiger partial charge in [0.1, 0.15) is 0 Å². The van der Waals surface area contributed by atoms with Crippen LogP contribution in [0.5, 0.6) is 0 Å². The zero-order valence-corrected chi connectivity index (χ0v) is 13.3. The maximum absolute atomic E-state index is 8.60. The van der Waals surface area contributed by atoms with Crippen LogP contribution in [0.15, 0.2) is 12.7 Å². The van der Waals surface area contributed by atoms with E-state index in [9.17, 15) is 0 Å². The molecular formula is C11H27ClN6O4. The molecule has 0 aliphatic carbocycles. The minimum atomic E-state index is -4.69. The standard InChI is InChI=1S/C8H23N5.C3H3N.ClHO4/c9-1-3-11-5-7-13-8-6-12-4-2-10;1-2-3-4;2-1(3,4)5/h11-13H,1-10H2;2H,1H2;(H,2,3,4,5). The summed E-state index contributed by atoms with van der Waals surface area (Å²) in [6.45, 7) is 10.3. The molecule has 0 unspecified atom stereocenters. The van der Waals surface area contributed by atoms with Crippen molar-refractivity contribution in [2.24, 2.45) is 11.5 Å². The van der Waals surface area contributed by atoms with E-state index in [1.807, 2.05) is 0 Å². The van der Waals surface area contributed by atoms with Crippen molar-refractivity contribution >= 4 is 0 Å². The van der Waals surface area contributed by atoms with E-state index in [0.29, 0.717) is 13.1 Å². The lowest BCUT2D eigenvalue weighted by molar-refractivity contribution is -1.92. The van der Waals surface area contributed by atoms with Crippen molar-refractivity contribution in [2.75, 3.05) is 52.4 Å². The van der Waals surface area contributed by atoms with Gasteiger partial charge in [0.05, 0.1) is 21.0 Å². The van der Waals surface area contributed by atoms with Crippen LogP contribution in [0.1, 0.15) is 0 Å². The zero-order chi connectivity index (χ0) is 17.7. The van der Waals surface area contributed by atoms with Gasteiger partial charge < -0.3 is 27.4 Å². The Morgan fingerprint density at radius 3 is 1.36 bits per heavy atom. The number of nitrogens with one attached hydrogen (secondary N) is 3. The van der Waals surface area contributed by atoms with Crippen LogP contribution in [0, 0.1) is 21.6 Å². The Kier molecular flexibility index (Phi) is 26.6. The monoisotopic (exact) mass is 342 g/mol. The molecule has 0 saturated heterocycles. The highest BCUT2D eigenvalue weighted by atomic mass is 35.7. The minimum Gasteiger partial charge on any atom is -0.329 e. The molecule has 0 aliphatic rings. The first-order valence-electron chi connectivity index (χ1n) is 6.49. The van der Waals surface area contributed by atoms with Crippen LogP contribution in [0.3, 0.4) is 0 Å². The summed E-state index contributed by atoms with van der Waals surface area (Å²) < 4.78 is 32.7. The van der Waals surface area contributed by atoms with E-state index in [1.165, 1.54) is 6.08 Å². The molecule has 0 fully saturated rings. The van der Waals surface area contributed by atoms with Gasteiger partial charge in [0.15, 0.2) is 0 Å². The molecule has 0 spiro atoms. The van der Waals surface area contributed by atoms with Gasteiger partial charge in [0, 0.05) is 58.4 Å². The molecule has 0 heterocycles. The van der Waals surface area contributed by atoms with Crippen LogP contribution in [0.25, 0.3) is 0 Å². The van der Waals surface area contributed by atoms with Gasteiger partial charge in [-0.2, -0.15) is 19.2 Å². The highest BCUT2D eigenvalue weighted by Gasteiger charge is 1.98. The lowest BCUT2D eigenvalue weighted by Gasteiger charge is -2.06. The topological polar surface area (TPSA) is 201 Å². The van der Waals surface area contributed by atoms with E-state index < -0.39 is 10.2 Å². The molecule has 11 heteroatoms. The Balaban J connectivity index is -0.000000330. The first kappa shape index (κ1) is 26.1. The lowest BCUT2D eigenvalue weighted by Crippen LogP contribution is -2.58.